The SMILES string of the molecule is NS(=O)(=O)Cc1ccc(-c2coc(=O)n2-c2ccc(Cl)cc2)cc1. The highest BCUT2D eigenvalue weighted by atomic mass is 35.5. The van der Waals surface area contributed by atoms with Crippen LogP contribution in [0.1, 0.15) is 5.56 Å². The van der Waals surface area contributed by atoms with Gasteiger partial charge in [0.1, 0.15) is 6.26 Å². The van der Waals surface area contributed by atoms with E-state index in [0.717, 1.165) is 0 Å². The van der Waals surface area contributed by atoms with Gasteiger partial charge in [-0.1, -0.05) is 35.9 Å². The number of rotatable bonds is 4. The van der Waals surface area contributed by atoms with Crippen LogP contribution in [0.25, 0.3) is 16.9 Å². The summed E-state index contributed by atoms with van der Waals surface area (Å²) in [6, 6.07) is 13.5. The standard InChI is InChI=1S/C16H13ClN2O4S/c17-13-5-7-14(8-6-13)19-15(9-23-16(19)20)12-3-1-11(2-4-12)10-24(18,21)22/h1-9H,10H2,(H2,18,21,22). The minimum atomic E-state index is -3.59. The van der Waals surface area contributed by atoms with Crippen LogP contribution in [0, 0.1) is 0 Å². The molecule has 2 aromatic carbocycles. The second kappa shape index (κ2) is 6.27. The first-order valence-electron chi connectivity index (χ1n) is 6.90. The molecule has 0 aliphatic rings. The lowest BCUT2D eigenvalue weighted by atomic mass is 10.1. The Kier molecular flexibility index (Phi) is 4.31. The van der Waals surface area contributed by atoms with E-state index in [-0.39, 0.29) is 5.75 Å². The zero-order valence-electron chi connectivity index (χ0n) is 12.3. The van der Waals surface area contributed by atoms with E-state index in [4.69, 9.17) is 21.2 Å². The molecule has 8 heteroatoms. The molecule has 1 aromatic heterocycles. The maximum absolute atomic E-state index is 12.0. The summed E-state index contributed by atoms with van der Waals surface area (Å²) in [5, 5.41) is 5.59. The predicted molar refractivity (Wildman–Crippen MR) is 91.6 cm³/mol. The van der Waals surface area contributed by atoms with Gasteiger partial charge in [-0.05, 0) is 29.8 Å². The van der Waals surface area contributed by atoms with Crippen molar-refractivity contribution in [3.63, 3.8) is 0 Å². The number of halogens is 1. The van der Waals surface area contributed by atoms with E-state index in [1.807, 2.05) is 0 Å². The molecule has 0 aliphatic carbocycles. The molecule has 0 saturated carbocycles. The smallest absolute Gasteiger partial charge is 0.415 e. The van der Waals surface area contributed by atoms with Crippen molar-refractivity contribution >= 4 is 21.6 Å². The molecule has 0 bridgehead atoms. The molecule has 24 heavy (non-hydrogen) atoms. The van der Waals surface area contributed by atoms with Crippen molar-refractivity contribution in [2.24, 2.45) is 5.14 Å². The van der Waals surface area contributed by atoms with Gasteiger partial charge in [-0.15, -0.1) is 0 Å². The number of sulfonamides is 1. The molecule has 0 saturated heterocycles. The van der Waals surface area contributed by atoms with Crippen molar-refractivity contribution in [2.75, 3.05) is 0 Å². The zero-order valence-corrected chi connectivity index (χ0v) is 13.9. The van der Waals surface area contributed by atoms with Gasteiger partial charge in [-0.3, -0.25) is 0 Å². The van der Waals surface area contributed by atoms with Crippen molar-refractivity contribution < 1.29 is 12.8 Å². The van der Waals surface area contributed by atoms with E-state index in [1.54, 1.807) is 48.5 Å². The van der Waals surface area contributed by atoms with Crippen LogP contribution in [-0.4, -0.2) is 13.0 Å². The first-order valence-corrected chi connectivity index (χ1v) is 8.99. The first-order chi connectivity index (χ1) is 11.3. The highest BCUT2D eigenvalue weighted by molar-refractivity contribution is 7.88. The van der Waals surface area contributed by atoms with Crippen molar-refractivity contribution in [1.82, 2.24) is 4.57 Å². The predicted octanol–water partition coefficient (Wildman–Crippen LogP) is 2.54. The number of aromatic nitrogens is 1. The third-order valence-corrected chi connectivity index (χ3v) is 4.38. The Morgan fingerprint density at radius 1 is 1.04 bits per heavy atom. The molecule has 3 rings (SSSR count). The fourth-order valence-corrected chi connectivity index (χ4v) is 3.13. The van der Waals surface area contributed by atoms with E-state index in [9.17, 15) is 13.2 Å². The first kappa shape index (κ1) is 16.5. The van der Waals surface area contributed by atoms with Crippen LogP contribution in [0.15, 0.2) is 64.0 Å². The van der Waals surface area contributed by atoms with Crippen molar-refractivity contribution in [2.45, 2.75) is 5.75 Å². The summed E-state index contributed by atoms with van der Waals surface area (Å²) >= 11 is 5.87. The number of nitrogens with two attached hydrogens (primary N) is 1. The summed E-state index contributed by atoms with van der Waals surface area (Å²) in [7, 11) is -3.59. The zero-order chi connectivity index (χ0) is 17.3. The topological polar surface area (TPSA) is 95.3 Å². The number of primary sulfonamides is 1. The monoisotopic (exact) mass is 364 g/mol. The van der Waals surface area contributed by atoms with Gasteiger partial charge in [0.15, 0.2) is 0 Å². The van der Waals surface area contributed by atoms with Gasteiger partial charge < -0.3 is 4.42 Å². The molecule has 0 fully saturated rings. The molecular formula is C16H13ClN2O4S. The highest BCUT2D eigenvalue weighted by Crippen LogP contribution is 2.23. The number of oxazole rings is 1. The molecule has 0 aliphatic heterocycles. The van der Waals surface area contributed by atoms with Gasteiger partial charge in [-0.2, -0.15) is 0 Å². The van der Waals surface area contributed by atoms with E-state index in [1.165, 1.54) is 10.8 Å². The van der Waals surface area contributed by atoms with Crippen LogP contribution in [-0.2, 0) is 15.8 Å². The lowest BCUT2D eigenvalue weighted by Gasteiger charge is -2.07. The summed E-state index contributed by atoms with van der Waals surface area (Å²) in [5.74, 6) is -0.774. The molecule has 0 spiro atoms. The number of hydrogen-bond donors (Lipinski definition) is 1. The summed E-state index contributed by atoms with van der Waals surface area (Å²) in [6.07, 6.45) is 1.35. The van der Waals surface area contributed by atoms with Gasteiger partial charge in [0, 0.05) is 10.6 Å². The fraction of sp³-hybridized carbons (Fsp3) is 0.0625. The van der Waals surface area contributed by atoms with Crippen LogP contribution < -0.4 is 10.9 Å². The summed E-state index contributed by atoms with van der Waals surface area (Å²) in [6.45, 7) is 0. The molecule has 3 aromatic rings. The largest absolute Gasteiger partial charge is 0.424 e. The van der Waals surface area contributed by atoms with E-state index in [2.05, 4.69) is 0 Å². The average molecular weight is 365 g/mol. The van der Waals surface area contributed by atoms with Gasteiger partial charge in [0.2, 0.25) is 10.0 Å². The van der Waals surface area contributed by atoms with Crippen LogP contribution in [0.5, 0.6) is 0 Å². The maximum Gasteiger partial charge on any atom is 0.424 e. The minimum absolute atomic E-state index is 0.247. The van der Waals surface area contributed by atoms with Crippen LogP contribution in [0.3, 0.4) is 0 Å². The molecule has 2 N–H and O–H groups in total. The van der Waals surface area contributed by atoms with Crippen LogP contribution in [0.4, 0.5) is 0 Å². The molecule has 1 heterocycles. The van der Waals surface area contributed by atoms with Gasteiger partial charge in [-0.25, -0.2) is 22.9 Å². The second-order valence-electron chi connectivity index (χ2n) is 5.20. The lowest BCUT2D eigenvalue weighted by molar-refractivity contribution is 0.504. The van der Waals surface area contributed by atoms with Crippen molar-refractivity contribution in [1.29, 1.82) is 0 Å². The highest BCUT2D eigenvalue weighted by Gasteiger charge is 2.13. The molecule has 6 nitrogen and oxygen atoms in total. The number of benzene rings is 2. The normalized spacial score (nSPS) is 11.6. The molecule has 0 radical (unpaired) electrons. The van der Waals surface area contributed by atoms with E-state index in [0.29, 0.717) is 27.5 Å². The Labute approximate surface area is 143 Å². The lowest BCUT2D eigenvalue weighted by Crippen LogP contribution is -2.14. The van der Waals surface area contributed by atoms with Crippen molar-refractivity contribution in [3.8, 4) is 16.9 Å². The molecule has 0 amide bonds. The Hall–Kier alpha value is -2.35. The fourth-order valence-electron chi connectivity index (χ4n) is 2.35. The Morgan fingerprint density at radius 2 is 1.67 bits per heavy atom. The molecular weight excluding hydrogens is 352 g/mol. The van der Waals surface area contributed by atoms with Crippen LogP contribution in [0.2, 0.25) is 5.02 Å². The van der Waals surface area contributed by atoms with Gasteiger partial charge in [0.05, 0.1) is 17.1 Å². The quantitative estimate of drug-likeness (QED) is 0.769. The van der Waals surface area contributed by atoms with Crippen molar-refractivity contribution in [3.05, 3.63) is 75.9 Å². The van der Waals surface area contributed by atoms with Gasteiger partial charge >= 0.3 is 5.76 Å². The summed E-state index contributed by atoms with van der Waals surface area (Å²) in [5.41, 5.74) is 2.42. The third-order valence-electron chi connectivity index (χ3n) is 3.40. The Morgan fingerprint density at radius 3 is 2.25 bits per heavy atom. The second-order valence-corrected chi connectivity index (χ2v) is 7.25. The number of hydrogen-bond acceptors (Lipinski definition) is 4. The van der Waals surface area contributed by atoms with Gasteiger partial charge in [0.25, 0.3) is 0 Å². The molecule has 0 atom stereocenters. The van der Waals surface area contributed by atoms with E-state index < -0.39 is 15.8 Å². The number of nitrogens with zero attached hydrogens (tertiary/aromatic N) is 1. The minimum Gasteiger partial charge on any atom is -0.415 e. The average Bonchev–Trinajstić information content (AvgIpc) is 2.89. The Bertz CT molecular complexity index is 1020. The Balaban J connectivity index is 2.02. The summed E-state index contributed by atoms with van der Waals surface area (Å²) < 4.78 is 28.7. The summed E-state index contributed by atoms with van der Waals surface area (Å²) in [4.78, 5) is 12.0. The third kappa shape index (κ3) is 3.59. The molecule has 0 unspecified atom stereocenters. The van der Waals surface area contributed by atoms with Crippen LogP contribution >= 0.6 is 11.6 Å². The van der Waals surface area contributed by atoms with E-state index >= 15 is 0 Å². The maximum atomic E-state index is 12.0. The molecule has 124 valence electrons.